The molecule has 1 aliphatic rings. The van der Waals surface area contributed by atoms with Gasteiger partial charge < -0.3 is 14.2 Å². The van der Waals surface area contributed by atoms with Gasteiger partial charge in [0.1, 0.15) is 0 Å². The summed E-state index contributed by atoms with van der Waals surface area (Å²) in [6.07, 6.45) is 3.53. The lowest BCUT2D eigenvalue weighted by atomic mass is 9.96. The Balaban J connectivity index is 1.87. The van der Waals surface area contributed by atoms with Gasteiger partial charge in [0, 0.05) is 4.90 Å². The largest absolute Gasteiger partial charge is 0.490 e. The Morgan fingerprint density at radius 2 is 1.82 bits per heavy atom. The molecule has 4 rings (SSSR count). The Bertz CT molecular complexity index is 1570. The van der Waals surface area contributed by atoms with Crippen LogP contribution in [0.25, 0.3) is 6.08 Å². The molecule has 1 atom stereocenters. The van der Waals surface area contributed by atoms with Crippen molar-refractivity contribution in [2.75, 3.05) is 12.9 Å². The Morgan fingerprint density at radius 1 is 1.10 bits per heavy atom. The topological polar surface area (TPSA) is 79.1 Å². The van der Waals surface area contributed by atoms with E-state index in [0.717, 1.165) is 16.0 Å². The molecule has 1 aromatic heterocycles. The molecule has 0 N–H and O–H groups in total. The molecule has 0 saturated carbocycles. The molecule has 9 heteroatoms. The number of thiazole rings is 1. The van der Waals surface area contributed by atoms with Crippen molar-refractivity contribution < 1.29 is 19.0 Å². The third-order valence-corrected chi connectivity index (χ3v) is 7.67. The molecule has 0 spiro atoms. The van der Waals surface area contributed by atoms with Gasteiger partial charge in [0.05, 0.1) is 40.7 Å². The number of benzene rings is 2. The summed E-state index contributed by atoms with van der Waals surface area (Å²) in [7, 11) is 0. The summed E-state index contributed by atoms with van der Waals surface area (Å²) in [5.41, 5.74) is 2.31. The number of rotatable bonds is 9. The SMILES string of the molecule is CCOc1cc(/C=c2\sc3n(c2=O)[C@H](c2ccc(SC)cc2)C(C(=O)OC(C)C)=C(C)N=3)ccc1OC(C)C. The van der Waals surface area contributed by atoms with Crippen molar-refractivity contribution in [2.45, 2.75) is 64.7 Å². The molecular weight excluding hydrogens is 532 g/mol. The number of esters is 1. The van der Waals surface area contributed by atoms with E-state index in [2.05, 4.69) is 4.99 Å². The number of ether oxygens (including phenoxy) is 3. The van der Waals surface area contributed by atoms with Gasteiger partial charge in [0.15, 0.2) is 16.3 Å². The summed E-state index contributed by atoms with van der Waals surface area (Å²) in [5.74, 6) is 0.804. The number of allylic oxidation sites excluding steroid dienone is 1. The quantitative estimate of drug-likeness (QED) is 0.265. The summed E-state index contributed by atoms with van der Waals surface area (Å²) in [5, 5.41) is 0. The normalized spacial score (nSPS) is 15.4. The summed E-state index contributed by atoms with van der Waals surface area (Å²) >= 11 is 2.92. The van der Waals surface area contributed by atoms with Crippen LogP contribution >= 0.6 is 23.1 Å². The average molecular weight is 567 g/mol. The zero-order valence-electron chi connectivity index (χ0n) is 23.3. The number of aromatic nitrogens is 1. The van der Waals surface area contributed by atoms with E-state index in [9.17, 15) is 9.59 Å². The first-order chi connectivity index (χ1) is 18.6. The van der Waals surface area contributed by atoms with Crippen LogP contribution in [0.3, 0.4) is 0 Å². The fraction of sp³-hybridized carbons (Fsp3) is 0.367. The lowest BCUT2D eigenvalue weighted by Crippen LogP contribution is -2.40. The van der Waals surface area contributed by atoms with Crippen LogP contribution in [0.1, 0.15) is 58.7 Å². The van der Waals surface area contributed by atoms with Gasteiger partial charge in [-0.25, -0.2) is 9.79 Å². The summed E-state index contributed by atoms with van der Waals surface area (Å²) < 4.78 is 19.4. The Kier molecular flexibility index (Phi) is 9.02. The third kappa shape index (κ3) is 6.31. The Hall–Kier alpha value is -3.30. The Morgan fingerprint density at radius 3 is 2.44 bits per heavy atom. The first-order valence-corrected chi connectivity index (χ1v) is 15.0. The number of thioether (sulfide) groups is 1. The van der Waals surface area contributed by atoms with E-state index in [1.165, 1.54) is 11.3 Å². The standard InChI is InChI=1S/C30H34N2O5S2/c1-8-35-24-15-20(9-14-23(24)36-17(2)3)16-25-28(33)32-27(21-10-12-22(38-7)13-11-21)26(29(34)37-18(4)5)19(6)31-30(32)39-25/h9-18,27H,8H2,1-7H3/b25-16-/t27-/m1/s1. The van der Waals surface area contributed by atoms with Crippen LogP contribution in [0.4, 0.5) is 0 Å². The van der Waals surface area contributed by atoms with E-state index in [1.807, 2.05) is 75.6 Å². The zero-order chi connectivity index (χ0) is 28.3. The smallest absolute Gasteiger partial charge is 0.338 e. The van der Waals surface area contributed by atoms with Gasteiger partial charge in [0.25, 0.3) is 5.56 Å². The van der Waals surface area contributed by atoms with Crippen LogP contribution in [0.2, 0.25) is 0 Å². The number of fused-ring (bicyclic) bond motifs is 1. The maximum atomic E-state index is 13.9. The highest BCUT2D eigenvalue weighted by Gasteiger charge is 2.33. The van der Waals surface area contributed by atoms with Gasteiger partial charge in [-0.2, -0.15) is 0 Å². The number of hydrogen-bond donors (Lipinski definition) is 0. The average Bonchev–Trinajstić information content (AvgIpc) is 3.18. The number of nitrogens with zero attached hydrogens (tertiary/aromatic N) is 2. The van der Waals surface area contributed by atoms with E-state index in [4.69, 9.17) is 14.2 Å². The predicted octanol–water partition coefficient (Wildman–Crippen LogP) is 5.09. The van der Waals surface area contributed by atoms with Gasteiger partial charge in [-0.05, 0) is 89.3 Å². The van der Waals surface area contributed by atoms with Crippen molar-refractivity contribution >= 4 is 35.1 Å². The third-order valence-electron chi connectivity index (χ3n) is 5.94. The van der Waals surface area contributed by atoms with Crippen molar-refractivity contribution in [2.24, 2.45) is 4.99 Å². The fourth-order valence-corrected chi connectivity index (χ4v) is 5.80. The zero-order valence-corrected chi connectivity index (χ0v) is 24.9. The highest BCUT2D eigenvalue weighted by molar-refractivity contribution is 7.98. The highest BCUT2D eigenvalue weighted by atomic mass is 32.2. The molecule has 0 bridgehead atoms. The molecule has 0 fully saturated rings. The maximum Gasteiger partial charge on any atom is 0.338 e. The fourth-order valence-electron chi connectivity index (χ4n) is 4.35. The van der Waals surface area contributed by atoms with Crippen molar-refractivity contribution in [1.29, 1.82) is 0 Å². The summed E-state index contributed by atoms with van der Waals surface area (Å²) in [6.45, 7) is 11.7. The first kappa shape index (κ1) is 28.7. The molecular formula is C30H34N2O5S2. The van der Waals surface area contributed by atoms with Crippen LogP contribution in [-0.4, -0.2) is 35.6 Å². The molecule has 1 aliphatic heterocycles. The molecule has 0 saturated heterocycles. The molecule has 7 nitrogen and oxygen atoms in total. The second-order valence-corrected chi connectivity index (χ2v) is 11.5. The van der Waals surface area contributed by atoms with Crippen LogP contribution in [0, 0.1) is 0 Å². The van der Waals surface area contributed by atoms with Gasteiger partial charge >= 0.3 is 5.97 Å². The molecule has 0 aliphatic carbocycles. The van der Waals surface area contributed by atoms with E-state index < -0.39 is 12.0 Å². The van der Waals surface area contributed by atoms with Crippen molar-refractivity contribution in [1.82, 2.24) is 4.57 Å². The van der Waals surface area contributed by atoms with E-state index in [0.29, 0.717) is 38.7 Å². The van der Waals surface area contributed by atoms with Gasteiger partial charge in [0.2, 0.25) is 0 Å². The molecule has 206 valence electrons. The van der Waals surface area contributed by atoms with E-state index in [1.54, 1.807) is 37.1 Å². The number of carbonyl (C=O) groups excluding carboxylic acids is 1. The summed E-state index contributed by atoms with van der Waals surface area (Å²) in [6, 6.07) is 12.9. The Labute approximate surface area is 236 Å². The van der Waals surface area contributed by atoms with E-state index >= 15 is 0 Å². The van der Waals surface area contributed by atoms with Crippen LogP contribution in [0.15, 0.2) is 68.4 Å². The molecule has 2 aromatic carbocycles. The van der Waals surface area contributed by atoms with Crippen molar-refractivity contribution in [3.8, 4) is 11.5 Å². The van der Waals surface area contributed by atoms with Crippen LogP contribution in [-0.2, 0) is 9.53 Å². The number of carbonyl (C=O) groups is 1. The van der Waals surface area contributed by atoms with Gasteiger partial charge in [-0.1, -0.05) is 29.5 Å². The minimum Gasteiger partial charge on any atom is -0.490 e. The molecule has 3 aromatic rings. The molecule has 0 amide bonds. The first-order valence-electron chi connectivity index (χ1n) is 12.9. The highest BCUT2D eigenvalue weighted by Crippen LogP contribution is 2.32. The molecule has 2 heterocycles. The minimum atomic E-state index is -0.647. The van der Waals surface area contributed by atoms with Crippen LogP contribution < -0.4 is 24.4 Å². The van der Waals surface area contributed by atoms with Crippen molar-refractivity contribution in [3.05, 3.63) is 84.5 Å². The molecule has 39 heavy (non-hydrogen) atoms. The second kappa shape index (κ2) is 12.3. The molecule has 0 unspecified atom stereocenters. The van der Waals surface area contributed by atoms with Gasteiger partial charge in [-0.3, -0.25) is 9.36 Å². The number of hydrogen-bond acceptors (Lipinski definition) is 8. The molecule has 0 radical (unpaired) electrons. The summed E-state index contributed by atoms with van der Waals surface area (Å²) in [4.78, 5) is 33.5. The second-order valence-electron chi connectivity index (χ2n) is 9.61. The lowest BCUT2D eigenvalue weighted by Gasteiger charge is -2.25. The predicted molar refractivity (Wildman–Crippen MR) is 157 cm³/mol. The monoisotopic (exact) mass is 566 g/mol. The minimum absolute atomic E-state index is 0.00329. The lowest BCUT2D eigenvalue weighted by molar-refractivity contribution is -0.143. The maximum absolute atomic E-state index is 13.9. The van der Waals surface area contributed by atoms with Gasteiger partial charge in [-0.15, -0.1) is 11.8 Å². The van der Waals surface area contributed by atoms with E-state index in [-0.39, 0.29) is 17.8 Å². The van der Waals surface area contributed by atoms with Crippen LogP contribution in [0.5, 0.6) is 11.5 Å². The van der Waals surface area contributed by atoms with Crippen molar-refractivity contribution in [3.63, 3.8) is 0 Å².